The number of amides is 1. The van der Waals surface area contributed by atoms with Crippen LogP contribution in [0.15, 0.2) is 28.8 Å². The van der Waals surface area contributed by atoms with Gasteiger partial charge in [-0.1, -0.05) is 12.1 Å². The molecule has 0 spiro atoms. The molecule has 0 aliphatic carbocycles. The number of aliphatic hydroxyl groups excluding tert-OH is 2. The molecule has 3 rings (SSSR count). The van der Waals surface area contributed by atoms with Gasteiger partial charge in [0.1, 0.15) is 30.9 Å². The van der Waals surface area contributed by atoms with Crippen molar-refractivity contribution in [3.8, 4) is 28.6 Å². The highest BCUT2D eigenvalue weighted by molar-refractivity contribution is 5.76. The van der Waals surface area contributed by atoms with Gasteiger partial charge < -0.3 is 29.7 Å². The first-order valence-corrected chi connectivity index (χ1v) is 11.6. The molecule has 3 N–H and O–H groups in total. The summed E-state index contributed by atoms with van der Waals surface area (Å²) in [6.07, 6.45) is -0.216. The number of aliphatic hydroxyl groups is 2. The first kappa shape index (κ1) is 26.1. The molecule has 1 aromatic carbocycles. The number of pyridine rings is 1. The highest BCUT2D eigenvalue weighted by Gasteiger charge is 2.17. The summed E-state index contributed by atoms with van der Waals surface area (Å²) in [6, 6.07) is 7.71. The molecule has 1 amide bonds. The fourth-order valence-corrected chi connectivity index (χ4v) is 3.56. The molecule has 1 unspecified atom stereocenters. The molecule has 2 aromatic heterocycles. The largest absolute Gasteiger partial charge is 0.490 e. The fourth-order valence-electron chi connectivity index (χ4n) is 3.56. The van der Waals surface area contributed by atoms with Crippen molar-refractivity contribution >= 4 is 11.7 Å². The molecule has 0 fully saturated rings. The van der Waals surface area contributed by atoms with Crippen LogP contribution in [-0.4, -0.2) is 70.7 Å². The second-order valence-corrected chi connectivity index (χ2v) is 8.35. The van der Waals surface area contributed by atoms with Crippen LogP contribution < -0.4 is 15.0 Å². The van der Waals surface area contributed by atoms with Crippen LogP contribution in [-0.2, 0) is 11.2 Å². The molecule has 35 heavy (non-hydrogen) atoms. The van der Waals surface area contributed by atoms with E-state index in [4.69, 9.17) is 14.4 Å². The molecule has 0 saturated heterocycles. The predicted octanol–water partition coefficient (Wildman–Crippen LogP) is 2.28. The minimum Gasteiger partial charge on any atom is -0.490 e. The Kier molecular flexibility index (Phi) is 8.78. The number of nitrogens with zero attached hydrogens (tertiary/aromatic N) is 4. The number of aromatic nitrogens is 3. The number of anilines is 1. The van der Waals surface area contributed by atoms with Gasteiger partial charge in [-0.05, 0) is 62.6 Å². The summed E-state index contributed by atoms with van der Waals surface area (Å²) in [5.74, 6) is 1.85. The Bertz CT molecular complexity index is 1160. The third-order valence-electron chi connectivity index (χ3n) is 5.57. The molecule has 2 heterocycles. The van der Waals surface area contributed by atoms with Gasteiger partial charge in [0.05, 0.1) is 0 Å². The number of rotatable bonds is 11. The Morgan fingerprint density at radius 1 is 1.17 bits per heavy atom. The highest BCUT2D eigenvalue weighted by atomic mass is 16.5. The van der Waals surface area contributed by atoms with E-state index in [0.717, 1.165) is 40.3 Å². The summed E-state index contributed by atoms with van der Waals surface area (Å²) in [4.78, 5) is 22.4. The van der Waals surface area contributed by atoms with Crippen molar-refractivity contribution in [2.45, 2.75) is 40.2 Å². The Morgan fingerprint density at radius 3 is 2.63 bits per heavy atom. The number of nitrogens with one attached hydrogen (secondary N) is 1. The van der Waals surface area contributed by atoms with Crippen LogP contribution in [0.2, 0.25) is 0 Å². The Labute approximate surface area is 205 Å². The minimum atomic E-state index is -0.909. The van der Waals surface area contributed by atoms with Crippen molar-refractivity contribution in [2.75, 3.05) is 38.3 Å². The summed E-state index contributed by atoms with van der Waals surface area (Å²) in [5, 5.41) is 25.4. The van der Waals surface area contributed by atoms with Gasteiger partial charge >= 0.3 is 0 Å². The molecule has 1 atom stereocenters. The van der Waals surface area contributed by atoms with Crippen LogP contribution in [0.1, 0.15) is 30.7 Å². The Balaban J connectivity index is 1.80. The summed E-state index contributed by atoms with van der Waals surface area (Å²) >= 11 is 0. The predicted molar refractivity (Wildman–Crippen MR) is 132 cm³/mol. The SMILES string of the molecule is CCc1cc(-c2nc(-c3cc(C)nc(N(C)CC)c3)no2)cc(C)c1OCC(O)CNC(=O)CO. The first-order valence-electron chi connectivity index (χ1n) is 11.6. The third-order valence-corrected chi connectivity index (χ3v) is 5.57. The van der Waals surface area contributed by atoms with Gasteiger partial charge in [0.15, 0.2) is 0 Å². The van der Waals surface area contributed by atoms with Crippen LogP contribution >= 0.6 is 0 Å². The maximum atomic E-state index is 11.1. The standard InChI is InChI=1S/C25H33N5O5/c1-6-17-10-19(8-15(3)23(17)34-14-20(32)12-26-22(33)13-31)25-28-24(29-35-25)18-9-16(4)27-21(11-18)30(5)7-2/h8-11,20,31-32H,6-7,12-14H2,1-5H3,(H,26,33). The lowest BCUT2D eigenvalue weighted by Crippen LogP contribution is -2.36. The number of hydrogen-bond acceptors (Lipinski definition) is 9. The van der Waals surface area contributed by atoms with Crippen molar-refractivity contribution in [3.05, 3.63) is 41.1 Å². The summed E-state index contributed by atoms with van der Waals surface area (Å²) in [5.41, 5.74) is 4.26. The number of carbonyl (C=O) groups excluding carboxylic acids is 1. The maximum absolute atomic E-state index is 11.1. The van der Waals surface area contributed by atoms with Crippen molar-refractivity contribution in [3.63, 3.8) is 0 Å². The lowest BCUT2D eigenvalue weighted by Gasteiger charge is -2.17. The van der Waals surface area contributed by atoms with Gasteiger partial charge in [0.2, 0.25) is 11.7 Å². The topological polar surface area (TPSA) is 134 Å². The van der Waals surface area contributed by atoms with Gasteiger partial charge in [-0.15, -0.1) is 0 Å². The Morgan fingerprint density at radius 2 is 1.94 bits per heavy atom. The minimum absolute atomic E-state index is 0.000462. The van der Waals surface area contributed by atoms with Crippen LogP contribution in [0.3, 0.4) is 0 Å². The van der Waals surface area contributed by atoms with E-state index in [1.807, 2.05) is 57.0 Å². The molecule has 10 heteroatoms. The third kappa shape index (κ3) is 6.55. The van der Waals surface area contributed by atoms with Crippen molar-refractivity contribution in [1.82, 2.24) is 20.4 Å². The van der Waals surface area contributed by atoms with Gasteiger partial charge in [0.25, 0.3) is 5.89 Å². The van der Waals surface area contributed by atoms with Crippen LogP contribution in [0, 0.1) is 13.8 Å². The second-order valence-electron chi connectivity index (χ2n) is 8.35. The van der Waals surface area contributed by atoms with Crippen LogP contribution in [0.4, 0.5) is 5.82 Å². The fraction of sp³-hybridized carbons (Fsp3) is 0.440. The number of aryl methyl sites for hydroxylation is 3. The molecule has 0 saturated carbocycles. The van der Waals surface area contributed by atoms with Gasteiger partial charge in [-0.2, -0.15) is 4.98 Å². The van der Waals surface area contributed by atoms with E-state index >= 15 is 0 Å². The zero-order valence-corrected chi connectivity index (χ0v) is 20.8. The zero-order chi connectivity index (χ0) is 25.5. The summed E-state index contributed by atoms with van der Waals surface area (Å²) < 4.78 is 11.5. The van der Waals surface area contributed by atoms with Crippen LogP contribution in [0.25, 0.3) is 22.8 Å². The lowest BCUT2D eigenvalue weighted by atomic mass is 10.0. The number of carbonyl (C=O) groups is 1. The molecule has 0 bridgehead atoms. The number of benzene rings is 1. The van der Waals surface area contributed by atoms with Gasteiger partial charge in [-0.25, -0.2) is 4.98 Å². The molecule has 0 aliphatic rings. The van der Waals surface area contributed by atoms with E-state index in [2.05, 4.69) is 27.4 Å². The molecule has 0 aliphatic heterocycles. The van der Waals surface area contributed by atoms with Crippen LogP contribution in [0.5, 0.6) is 5.75 Å². The molecular formula is C25H33N5O5. The highest BCUT2D eigenvalue weighted by Crippen LogP contribution is 2.32. The summed E-state index contributed by atoms with van der Waals surface area (Å²) in [6.45, 7) is 8.12. The van der Waals surface area contributed by atoms with Crippen molar-refractivity contribution in [1.29, 1.82) is 0 Å². The molecule has 0 radical (unpaired) electrons. The zero-order valence-electron chi connectivity index (χ0n) is 20.8. The molecule has 188 valence electrons. The van der Waals surface area contributed by atoms with Gasteiger partial charge in [0, 0.05) is 37.0 Å². The normalized spacial score (nSPS) is 11.9. The average Bonchev–Trinajstić information content (AvgIpc) is 3.35. The van der Waals surface area contributed by atoms with E-state index in [9.17, 15) is 9.90 Å². The Hall–Kier alpha value is -3.50. The lowest BCUT2D eigenvalue weighted by molar-refractivity contribution is -0.124. The smallest absolute Gasteiger partial charge is 0.258 e. The van der Waals surface area contributed by atoms with Crippen molar-refractivity contribution in [2.24, 2.45) is 0 Å². The van der Waals surface area contributed by atoms with E-state index in [-0.39, 0.29) is 13.2 Å². The second kappa shape index (κ2) is 11.8. The monoisotopic (exact) mass is 483 g/mol. The molecule has 10 nitrogen and oxygen atoms in total. The maximum Gasteiger partial charge on any atom is 0.258 e. The average molecular weight is 484 g/mol. The first-order chi connectivity index (χ1) is 16.7. The van der Waals surface area contributed by atoms with E-state index < -0.39 is 18.6 Å². The number of ether oxygens (including phenoxy) is 1. The quantitative estimate of drug-likeness (QED) is 0.375. The summed E-state index contributed by atoms with van der Waals surface area (Å²) in [7, 11) is 1.98. The van der Waals surface area contributed by atoms with E-state index in [1.165, 1.54) is 0 Å². The van der Waals surface area contributed by atoms with Crippen molar-refractivity contribution < 1.29 is 24.3 Å². The number of hydrogen-bond donors (Lipinski definition) is 3. The van der Waals surface area contributed by atoms with E-state index in [1.54, 1.807) is 0 Å². The van der Waals surface area contributed by atoms with Gasteiger partial charge in [-0.3, -0.25) is 4.79 Å². The molecular weight excluding hydrogens is 450 g/mol. The molecule has 3 aromatic rings. The van der Waals surface area contributed by atoms with E-state index in [0.29, 0.717) is 23.9 Å².